The normalized spacial score (nSPS) is 31.8. The number of phenolic OH excluding ortho intramolecular Hbond substituents is 1. The van der Waals surface area contributed by atoms with Gasteiger partial charge in [-0.05, 0) is 17.7 Å². The Hall–Kier alpha value is -2.84. The standard InChI is InChI=1S/C24H30O12/c1-31-11-7-14-17(15(8-11)35-24-20(29)19(28)18(27)16(9-25)36-24)23(33-3)21(30)22(34-14)10-4-5-12(26)13(6-10)32-2/h4-8,16,18-30H,9H2,1-3H3/t16-,18-,19+,20-,21-,22+,23+,24-/m1/s1. The lowest BCUT2D eigenvalue weighted by molar-refractivity contribution is -0.277. The summed E-state index contributed by atoms with van der Waals surface area (Å²) in [6.07, 6.45) is -10.7. The van der Waals surface area contributed by atoms with Gasteiger partial charge in [-0.15, -0.1) is 0 Å². The van der Waals surface area contributed by atoms with E-state index in [-0.39, 0.29) is 28.6 Å². The molecule has 8 atom stereocenters. The average Bonchev–Trinajstić information content (AvgIpc) is 2.89. The molecule has 0 radical (unpaired) electrons. The van der Waals surface area contributed by atoms with Crippen molar-refractivity contribution in [2.45, 2.75) is 49.0 Å². The Labute approximate surface area is 206 Å². The fourth-order valence-corrected chi connectivity index (χ4v) is 4.39. The van der Waals surface area contributed by atoms with Crippen molar-refractivity contribution in [3.63, 3.8) is 0 Å². The third-order valence-electron chi connectivity index (χ3n) is 6.35. The molecule has 1 saturated heterocycles. The molecular formula is C24H30O12. The Morgan fingerprint density at radius 2 is 1.61 bits per heavy atom. The SMILES string of the molecule is COc1cc(O[C@@H]2O[C@H](CO)[C@@H](O)[C@H](O)[C@H]2O)c2c(c1)O[C@@H](c1ccc(O)c(OC)c1)[C@@H](O)[C@H]2OC. The van der Waals surface area contributed by atoms with Gasteiger partial charge in [-0.1, -0.05) is 6.07 Å². The number of aliphatic hydroxyl groups is 5. The molecule has 12 heteroatoms. The summed E-state index contributed by atoms with van der Waals surface area (Å²) in [4.78, 5) is 0. The third kappa shape index (κ3) is 4.64. The second-order valence-corrected chi connectivity index (χ2v) is 8.47. The van der Waals surface area contributed by atoms with Gasteiger partial charge in [0, 0.05) is 19.2 Å². The highest BCUT2D eigenvalue weighted by Gasteiger charge is 2.46. The maximum Gasteiger partial charge on any atom is 0.229 e. The second-order valence-electron chi connectivity index (χ2n) is 8.47. The number of hydrogen-bond acceptors (Lipinski definition) is 12. The summed E-state index contributed by atoms with van der Waals surface area (Å²) in [6.45, 7) is -0.624. The Morgan fingerprint density at radius 1 is 0.861 bits per heavy atom. The van der Waals surface area contributed by atoms with Crippen LogP contribution in [0.1, 0.15) is 23.3 Å². The zero-order chi connectivity index (χ0) is 26.1. The molecule has 0 amide bonds. The molecule has 198 valence electrons. The predicted octanol–water partition coefficient (Wildman–Crippen LogP) is -0.230. The van der Waals surface area contributed by atoms with Gasteiger partial charge in [-0.25, -0.2) is 0 Å². The van der Waals surface area contributed by atoms with Crippen LogP contribution in [-0.2, 0) is 9.47 Å². The number of rotatable bonds is 7. The van der Waals surface area contributed by atoms with E-state index < -0.39 is 55.6 Å². The Kier molecular flexibility index (Phi) is 7.76. The summed E-state index contributed by atoms with van der Waals surface area (Å²) < 4.78 is 33.6. The van der Waals surface area contributed by atoms with Gasteiger partial charge < -0.3 is 59.1 Å². The molecule has 2 aliphatic rings. The van der Waals surface area contributed by atoms with Crippen LogP contribution < -0.4 is 18.9 Å². The van der Waals surface area contributed by atoms with Gasteiger partial charge in [-0.3, -0.25) is 0 Å². The van der Waals surface area contributed by atoms with E-state index in [4.69, 9.17) is 28.4 Å². The first-order chi connectivity index (χ1) is 17.2. The lowest BCUT2D eigenvalue weighted by Gasteiger charge is -2.41. The van der Waals surface area contributed by atoms with E-state index in [0.29, 0.717) is 11.3 Å². The van der Waals surface area contributed by atoms with E-state index in [1.54, 1.807) is 12.1 Å². The number of methoxy groups -OCH3 is 3. The number of benzene rings is 2. The van der Waals surface area contributed by atoms with Crippen molar-refractivity contribution in [2.24, 2.45) is 0 Å². The van der Waals surface area contributed by atoms with Crippen molar-refractivity contribution < 1.29 is 59.1 Å². The quantitative estimate of drug-likeness (QED) is 0.289. The van der Waals surface area contributed by atoms with E-state index in [0.717, 1.165) is 0 Å². The maximum atomic E-state index is 11.2. The van der Waals surface area contributed by atoms with Crippen molar-refractivity contribution >= 4 is 0 Å². The predicted molar refractivity (Wildman–Crippen MR) is 121 cm³/mol. The van der Waals surface area contributed by atoms with Crippen molar-refractivity contribution in [1.82, 2.24) is 0 Å². The average molecular weight is 510 g/mol. The lowest BCUT2D eigenvalue weighted by Crippen LogP contribution is -2.60. The van der Waals surface area contributed by atoms with Gasteiger partial charge in [0.25, 0.3) is 0 Å². The van der Waals surface area contributed by atoms with Crippen LogP contribution in [-0.4, -0.2) is 95.4 Å². The van der Waals surface area contributed by atoms with Gasteiger partial charge >= 0.3 is 0 Å². The lowest BCUT2D eigenvalue weighted by atomic mass is 9.91. The van der Waals surface area contributed by atoms with E-state index >= 15 is 0 Å². The minimum absolute atomic E-state index is 0.0568. The molecule has 0 bridgehead atoms. The number of phenols is 1. The van der Waals surface area contributed by atoms with Crippen molar-refractivity contribution in [2.75, 3.05) is 27.9 Å². The van der Waals surface area contributed by atoms with E-state index in [1.807, 2.05) is 0 Å². The molecule has 2 aliphatic heterocycles. The highest BCUT2D eigenvalue weighted by Crippen LogP contribution is 2.49. The van der Waals surface area contributed by atoms with Crippen molar-refractivity contribution in [3.05, 3.63) is 41.5 Å². The molecule has 0 aliphatic carbocycles. The highest BCUT2D eigenvalue weighted by molar-refractivity contribution is 5.54. The summed E-state index contributed by atoms with van der Waals surface area (Å²) in [6, 6.07) is 7.56. The molecule has 0 aromatic heterocycles. The van der Waals surface area contributed by atoms with Crippen molar-refractivity contribution in [1.29, 1.82) is 0 Å². The molecule has 12 nitrogen and oxygen atoms in total. The van der Waals surface area contributed by atoms with Gasteiger partial charge in [0.05, 0.1) is 26.4 Å². The number of fused-ring (bicyclic) bond motifs is 1. The minimum atomic E-state index is -1.66. The van der Waals surface area contributed by atoms with Crippen LogP contribution in [0.5, 0.6) is 28.7 Å². The molecule has 36 heavy (non-hydrogen) atoms. The molecule has 4 rings (SSSR count). The van der Waals surface area contributed by atoms with Gasteiger partial charge in [-0.2, -0.15) is 0 Å². The first kappa shape index (κ1) is 26.2. The first-order valence-electron chi connectivity index (χ1n) is 11.2. The molecule has 2 aromatic carbocycles. The van der Waals surface area contributed by atoms with E-state index in [2.05, 4.69) is 0 Å². The Morgan fingerprint density at radius 3 is 2.25 bits per heavy atom. The van der Waals surface area contributed by atoms with Crippen LogP contribution in [0.2, 0.25) is 0 Å². The largest absolute Gasteiger partial charge is 0.504 e. The molecule has 0 saturated carbocycles. The Balaban J connectivity index is 1.73. The summed E-state index contributed by atoms with van der Waals surface area (Å²) in [5.74, 6) is 0.721. The number of ether oxygens (including phenoxy) is 6. The number of hydrogen-bond donors (Lipinski definition) is 6. The van der Waals surface area contributed by atoms with Gasteiger partial charge in [0.15, 0.2) is 17.6 Å². The van der Waals surface area contributed by atoms with Crippen LogP contribution in [0.15, 0.2) is 30.3 Å². The fourth-order valence-electron chi connectivity index (χ4n) is 4.39. The van der Waals surface area contributed by atoms with Gasteiger partial charge in [0.2, 0.25) is 6.29 Å². The zero-order valence-electron chi connectivity index (χ0n) is 19.8. The van der Waals surface area contributed by atoms with E-state index in [1.165, 1.54) is 39.5 Å². The minimum Gasteiger partial charge on any atom is -0.504 e. The second kappa shape index (κ2) is 10.6. The number of aromatic hydroxyl groups is 1. The summed E-state index contributed by atoms with van der Waals surface area (Å²) >= 11 is 0. The Bertz CT molecular complexity index is 1060. The summed E-state index contributed by atoms with van der Waals surface area (Å²) in [5.41, 5.74) is 0.786. The monoisotopic (exact) mass is 510 g/mol. The third-order valence-corrected chi connectivity index (χ3v) is 6.35. The molecule has 2 heterocycles. The van der Waals surface area contributed by atoms with Crippen LogP contribution in [0.25, 0.3) is 0 Å². The van der Waals surface area contributed by atoms with Crippen LogP contribution >= 0.6 is 0 Å². The summed E-state index contributed by atoms with van der Waals surface area (Å²) in [7, 11) is 4.21. The van der Waals surface area contributed by atoms with Crippen LogP contribution in [0.4, 0.5) is 0 Å². The molecule has 6 N–H and O–H groups in total. The molecule has 0 unspecified atom stereocenters. The van der Waals surface area contributed by atoms with Crippen molar-refractivity contribution in [3.8, 4) is 28.7 Å². The highest BCUT2D eigenvalue weighted by atomic mass is 16.7. The fraction of sp³-hybridized carbons (Fsp3) is 0.500. The first-order valence-corrected chi connectivity index (χ1v) is 11.2. The van der Waals surface area contributed by atoms with Crippen LogP contribution in [0, 0.1) is 0 Å². The van der Waals surface area contributed by atoms with Gasteiger partial charge in [0.1, 0.15) is 53.9 Å². The smallest absolute Gasteiger partial charge is 0.229 e. The molecule has 1 fully saturated rings. The maximum absolute atomic E-state index is 11.2. The van der Waals surface area contributed by atoms with Crippen LogP contribution in [0.3, 0.4) is 0 Å². The number of aliphatic hydroxyl groups excluding tert-OH is 5. The molecule has 2 aromatic rings. The molecule has 0 spiro atoms. The summed E-state index contributed by atoms with van der Waals surface area (Å²) in [5, 5.41) is 61.2. The topological polar surface area (TPSA) is 177 Å². The van der Waals surface area contributed by atoms with E-state index in [9.17, 15) is 30.6 Å². The zero-order valence-corrected chi connectivity index (χ0v) is 19.8. The molecular weight excluding hydrogens is 480 g/mol.